The molecule has 15 heavy (non-hydrogen) atoms. The van der Waals surface area contributed by atoms with E-state index in [2.05, 4.69) is 11.4 Å². The second-order valence-electron chi connectivity index (χ2n) is 4.00. The first-order valence-electron chi connectivity index (χ1n) is 4.95. The highest BCUT2D eigenvalue weighted by Gasteiger charge is 2.14. The SMILES string of the molecule is CC(C)(C#N)NCCc1ccccc1F. The molecular formula is C12H15FN2. The van der Waals surface area contributed by atoms with E-state index in [1.807, 2.05) is 6.07 Å². The Morgan fingerprint density at radius 3 is 2.67 bits per heavy atom. The first-order valence-corrected chi connectivity index (χ1v) is 4.95. The molecular weight excluding hydrogens is 191 g/mol. The number of benzene rings is 1. The third kappa shape index (κ3) is 3.69. The minimum Gasteiger partial charge on any atom is -0.300 e. The van der Waals surface area contributed by atoms with Gasteiger partial charge in [-0.2, -0.15) is 5.26 Å². The van der Waals surface area contributed by atoms with Gasteiger partial charge in [-0.15, -0.1) is 0 Å². The standard InChI is InChI=1S/C12H15FN2/c1-12(2,9-14)15-8-7-10-5-3-4-6-11(10)13/h3-6,15H,7-8H2,1-2H3. The van der Waals surface area contributed by atoms with Crippen molar-refractivity contribution in [1.29, 1.82) is 5.26 Å². The van der Waals surface area contributed by atoms with Crippen LogP contribution in [0, 0.1) is 17.1 Å². The Morgan fingerprint density at radius 2 is 2.07 bits per heavy atom. The lowest BCUT2D eigenvalue weighted by Crippen LogP contribution is -2.38. The van der Waals surface area contributed by atoms with E-state index < -0.39 is 5.54 Å². The Kier molecular flexibility index (Phi) is 3.81. The molecule has 0 saturated heterocycles. The molecule has 80 valence electrons. The maximum absolute atomic E-state index is 13.2. The van der Waals surface area contributed by atoms with Gasteiger partial charge in [0.05, 0.1) is 6.07 Å². The van der Waals surface area contributed by atoms with Crippen molar-refractivity contribution >= 4 is 0 Å². The van der Waals surface area contributed by atoms with E-state index >= 15 is 0 Å². The number of nitriles is 1. The molecule has 0 fully saturated rings. The number of nitrogens with one attached hydrogen (secondary N) is 1. The fourth-order valence-electron chi connectivity index (χ4n) is 1.25. The molecule has 0 radical (unpaired) electrons. The van der Waals surface area contributed by atoms with Gasteiger partial charge in [0.1, 0.15) is 11.4 Å². The molecule has 1 rings (SSSR count). The van der Waals surface area contributed by atoms with Gasteiger partial charge in [0.25, 0.3) is 0 Å². The predicted molar refractivity (Wildman–Crippen MR) is 57.8 cm³/mol. The maximum atomic E-state index is 13.2. The summed E-state index contributed by atoms with van der Waals surface area (Å²) in [4.78, 5) is 0. The van der Waals surface area contributed by atoms with Crippen LogP contribution in [0.3, 0.4) is 0 Å². The van der Waals surface area contributed by atoms with Crippen LogP contribution in [0.15, 0.2) is 24.3 Å². The summed E-state index contributed by atoms with van der Waals surface area (Å²) in [6.45, 7) is 4.20. The van der Waals surface area contributed by atoms with Crippen LogP contribution < -0.4 is 5.32 Å². The van der Waals surface area contributed by atoms with Gasteiger partial charge in [0.2, 0.25) is 0 Å². The minimum absolute atomic E-state index is 0.186. The highest BCUT2D eigenvalue weighted by molar-refractivity contribution is 5.17. The summed E-state index contributed by atoms with van der Waals surface area (Å²) in [5.41, 5.74) is 0.129. The highest BCUT2D eigenvalue weighted by Crippen LogP contribution is 2.07. The zero-order chi connectivity index (χ0) is 11.3. The summed E-state index contributed by atoms with van der Waals surface area (Å²) in [5, 5.41) is 11.8. The first kappa shape index (κ1) is 11.7. The van der Waals surface area contributed by atoms with Gasteiger partial charge in [-0.25, -0.2) is 4.39 Å². The molecule has 2 nitrogen and oxygen atoms in total. The Hall–Kier alpha value is -1.40. The normalized spacial score (nSPS) is 11.1. The Balaban J connectivity index is 2.46. The number of nitrogens with zero attached hydrogens (tertiary/aromatic N) is 1. The molecule has 0 aliphatic rings. The summed E-state index contributed by atoms with van der Waals surface area (Å²) < 4.78 is 13.2. The average molecular weight is 206 g/mol. The molecule has 1 aromatic rings. The first-order chi connectivity index (χ1) is 7.05. The average Bonchev–Trinajstić information content (AvgIpc) is 2.21. The van der Waals surface area contributed by atoms with E-state index in [1.54, 1.807) is 26.0 Å². The van der Waals surface area contributed by atoms with Crippen LogP contribution in [0.1, 0.15) is 19.4 Å². The topological polar surface area (TPSA) is 35.8 Å². The van der Waals surface area contributed by atoms with Crippen LogP contribution in [0.25, 0.3) is 0 Å². The second-order valence-corrected chi connectivity index (χ2v) is 4.00. The van der Waals surface area contributed by atoms with Crippen molar-refractivity contribution in [2.45, 2.75) is 25.8 Å². The zero-order valence-corrected chi connectivity index (χ0v) is 9.05. The number of hydrogen-bond donors (Lipinski definition) is 1. The molecule has 0 heterocycles. The summed E-state index contributed by atoms with van der Waals surface area (Å²) in [5.74, 6) is -0.186. The summed E-state index contributed by atoms with van der Waals surface area (Å²) >= 11 is 0. The Labute approximate surface area is 89.7 Å². The molecule has 0 saturated carbocycles. The van der Waals surface area contributed by atoms with Crippen LogP contribution in [0.5, 0.6) is 0 Å². The number of halogens is 1. The predicted octanol–water partition coefficient (Wildman–Crippen LogP) is 2.26. The molecule has 1 N–H and O–H groups in total. The highest BCUT2D eigenvalue weighted by atomic mass is 19.1. The van der Waals surface area contributed by atoms with Crippen molar-refractivity contribution < 1.29 is 4.39 Å². The summed E-state index contributed by atoms with van der Waals surface area (Å²) in [6.07, 6.45) is 0.595. The Morgan fingerprint density at radius 1 is 1.40 bits per heavy atom. The quantitative estimate of drug-likeness (QED) is 0.820. The lowest BCUT2D eigenvalue weighted by atomic mass is 10.1. The Bertz CT molecular complexity index is 366. The number of hydrogen-bond acceptors (Lipinski definition) is 2. The molecule has 0 aliphatic heterocycles. The summed E-state index contributed by atoms with van der Waals surface area (Å²) in [7, 11) is 0. The monoisotopic (exact) mass is 206 g/mol. The van der Waals surface area contributed by atoms with Crippen LogP contribution in [0.2, 0.25) is 0 Å². The zero-order valence-electron chi connectivity index (χ0n) is 9.05. The molecule has 0 spiro atoms. The van der Waals surface area contributed by atoms with Crippen molar-refractivity contribution in [3.8, 4) is 6.07 Å². The fraction of sp³-hybridized carbons (Fsp3) is 0.417. The van der Waals surface area contributed by atoms with E-state index in [4.69, 9.17) is 5.26 Å². The van der Waals surface area contributed by atoms with Crippen molar-refractivity contribution in [3.63, 3.8) is 0 Å². The molecule has 0 bridgehead atoms. The van der Waals surface area contributed by atoms with Gasteiger partial charge >= 0.3 is 0 Å². The third-order valence-electron chi connectivity index (χ3n) is 2.20. The van der Waals surface area contributed by atoms with Crippen molar-refractivity contribution in [2.75, 3.05) is 6.54 Å². The van der Waals surface area contributed by atoms with E-state index in [-0.39, 0.29) is 5.82 Å². The summed E-state index contributed by atoms with van der Waals surface area (Å²) in [6, 6.07) is 8.83. The van der Waals surface area contributed by atoms with E-state index in [9.17, 15) is 4.39 Å². The lowest BCUT2D eigenvalue weighted by molar-refractivity contribution is 0.485. The van der Waals surface area contributed by atoms with E-state index in [1.165, 1.54) is 6.07 Å². The van der Waals surface area contributed by atoms with Crippen molar-refractivity contribution in [1.82, 2.24) is 5.32 Å². The van der Waals surface area contributed by atoms with Gasteiger partial charge in [0, 0.05) is 6.54 Å². The van der Waals surface area contributed by atoms with Gasteiger partial charge in [-0.05, 0) is 31.9 Å². The lowest BCUT2D eigenvalue weighted by Gasteiger charge is -2.17. The molecule has 0 aliphatic carbocycles. The van der Waals surface area contributed by atoms with E-state index in [0.717, 1.165) is 0 Å². The molecule has 0 atom stereocenters. The molecule has 0 unspecified atom stereocenters. The fourth-order valence-corrected chi connectivity index (χ4v) is 1.25. The van der Waals surface area contributed by atoms with Crippen LogP contribution >= 0.6 is 0 Å². The largest absolute Gasteiger partial charge is 0.300 e. The van der Waals surface area contributed by atoms with Crippen LogP contribution in [-0.4, -0.2) is 12.1 Å². The van der Waals surface area contributed by atoms with Crippen molar-refractivity contribution in [3.05, 3.63) is 35.6 Å². The molecule has 0 amide bonds. The van der Waals surface area contributed by atoms with Gasteiger partial charge in [-0.1, -0.05) is 18.2 Å². The second kappa shape index (κ2) is 4.90. The smallest absolute Gasteiger partial charge is 0.126 e. The molecule has 1 aromatic carbocycles. The van der Waals surface area contributed by atoms with Gasteiger partial charge < -0.3 is 0 Å². The molecule has 3 heteroatoms. The van der Waals surface area contributed by atoms with E-state index in [0.29, 0.717) is 18.5 Å². The van der Waals surface area contributed by atoms with Crippen LogP contribution in [-0.2, 0) is 6.42 Å². The van der Waals surface area contributed by atoms with Crippen LogP contribution in [0.4, 0.5) is 4.39 Å². The van der Waals surface area contributed by atoms with Crippen molar-refractivity contribution in [2.24, 2.45) is 0 Å². The third-order valence-corrected chi connectivity index (χ3v) is 2.20. The maximum Gasteiger partial charge on any atom is 0.126 e. The molecule has 0 aromatic heterocycles. The minimum atomic E-state index is -0.550. The van der Waals surface area contributed by atoms with Gasteiger partial charge in [-0.3, -0.25) is 5.32 Å². The number of rotatable bonds is 4. The van der Waals surface area contributed by atoms with Gasteiger partial charge in [0.15, 0.2) is 0 Å².